The highest BCUT2D eigenvalue weighted by Crippen LogP contribution is 2.35. The molecule has 3 aromatic rings. The van der Waals surface area contributed by atoms with E-state index in [0.717, 1.165) is 21.0 Å². The SMILES string of the molecule is CC[C@H](C(=O)NC)N(Cc1cccc(C)c1)C(=O)CN(c1cccc(Cl)c1Cl)S(=O)(=O)c1ccc(C)cc1. The normalized spacial score (nSPS) is 12.1. The van der Waals surface area contributed by atoms with Crippen LogP contribution in [0.15, 0.2) is 71.6 Å². The molecule has 0 unspecified atom stereocenters. The molecule has 0 aliphatic heterocycles. The van der Waals surface area contributed by atoms with Gasteiger partial charge in [-0.1, -0.05) is 83.7 Å². The Kier molecular flexibility index (Phi) is 9.82. The van der Waals surface area contributed by atoms with Crippen molar-refractivity contribution in [1.82, 2.24) is 10.2 Å². The molecule has 0 saturated carbocycles. The number of rotatable bonds is 10. The van der Waals surface area contributed by atoms with Crippen LogP contribution in [0.1, 0.15) is 30.0 Å². The number of likely N-dealkylation sites (N-methyl/N-ethyl adjacent to an activating group) is 1. The Morgan fingerprint density at radius 3 is 2.21 bits per heavy atom. The Hall–Kier alpha value is -3.07. The number of hydrogen-bond acceptors (Lipinski definition) is 4. The zero-order valence-corrected chi connectivity index (χ0v) is 24.1. The van der Waals surface area contributed by atoms with E-state index in [1.165, 1.54) is 36.2 Å². The minimum atomic E-state index is -4.23. The quantitative estimate of drug-likeness (QED) is 0.352. The molecule has 3 aromatic carbocycles. The molecule has 0 fully saturated rings. The summed E-state index contributed by atoms with van der Waals surface area (Å²) in [5.41, 5.74) is 2.76. The number of nitrogens with one attached hydrogen (secondary N) is 1. The van der Waals surface area contributed by atoms with Crippen LogP contribution in [0.2, 0.25) is 10.0 Å². The molecule has 2 amide bonds. The van der Waals surface area contributed by atoms with Crippen LogP contribution in [0.4, 0.5) is 5.69 Å². The fourth-order valence-corrected chi connectivity index (χ4v) is 6.00. The van der Waals surface area contributed by atoms with Crippen molar-refractivity contribution in [2.24, 2.45) is 0 Å². The molecule has 0 aliphatic rings. The maximum Gasteiger partial charge on any atom is 0.264 e. The van der Waals surface area contributed by atoms with Crippen LogP contribution in [0.25, 0.3) is 0 Å². The second-order valence-corrected chi connectivity index (χ2v) is 11.6. The van der Waals surface area contributed by atoms with Crippen LogP contribution >= 0.6 is 23.2 Å². The molecule has 38 heavy (non-hydrogen) atoms. The zero-order chi connectivity index (χ0) is 28.0. The lowest BCUT2D eigenvalue weighted by Gasteiger charge is -2.33. The third-order valence-electron chi connectivity index (χ3n) is 6.16. The standard InChI is InChI=1S/C28H31Cl2N3O4S/c1-5-24(28(35)31-4)32(17-21-9-6-8-20(3)16-21)26(34)18-33(25-11-7-10-23(29)27(25)30)38(36,37)22-14-12-19(2)13-15-22/h6-16,24H,5,17-18H2,1-4H3,(H,31,35)/t24-/m1/s1. The van der Waals surface area contributed by atoms with Crippen molar-refractivity contribution in [3.63, 3.8) is 0 Å². The summed E-state index contributed by atoms with van der Waals surface area (Å²) in [6, 6.07) is 17.7. The number of amides is 2. The molecule has 3 rings (SSSR count). The van der Waals surface area contributed by atoms with E-state index in [1.807, 2.05) is 38.1 Å². The van der Waals surface area contributed by atoms with Gasteiger partial charge in [-0.2, -0.15) is 0 Å². The average molecular weight is 577 g/mol. The summed E-state index contributed by atoms with van der Waals surface area (Å²) in [5, 5.41) is 2.76. The van der Waals surface area contributed by atoms with Gasteiger partial charge in [0.1, 0.15) is 12.6 Å². The minimum Gasteiger partial charge on any atom is -0.357 e. The predicted molar refractivity (Wildman–Crippen MR) is 152 cm³/mol. The van der Waals surface area contributed by atoms with E-state index < -0.39 is 28.5 Å². The molecule has 202 valence electrons. The van der Waals surface area contributed by atoms with E-state index in [1.54, 1.807) is 25.1 Å². The van der Waals surface area contributed by atoms with E-state index >= 15 is 0 Å². The lowest BCUT2D eigenvalue weighted by atomic mass is 10.1. The number of anilines is 1. The molecule has 0 bridgehead atoms. The third-order valence-corrected chi connectivity index (χ3v) is 8.74. The second kappa shape index (κ2) is 12.7. The Morgan fingerprint density at radius 2 is 1.61 bits per heavy atom. The van der Waals surface area contributed by atoms with Crippen LogP contribution in [0, 0.1) is 13.8 Å². The van der Waals surface area contributed by atoms with Gasteiger partial charge in [0.05, 0.1) is 20.6 Å². The van der Waals surface area contributed by atoms with Gasteiger partial charge in [0.25, 0.3) is 10.0 Å². The molecule has 7 nitrogen and oxygen atoms in total. The Bertz CT molecular complexity index is 1410. The first-order chi connectivity index (χ1) is 18.0. The summed E-state index contributed by atoms with van der Waals surface area (Å²) in [6.45, 7) is 5.11. The summed E-state index contributed by atoms with van der Waals surface area (Å²) in [4.78, 5) is 28.1. The fraction of sp³-hybridized carbons (Fsp3) is 0.286. The van der Waals surface area contributed by atoms with Gasteiger partial charge in [0.15, 0.2) is 0 Å². The highest BCUT2D eigenvalue weighted by atomic mass is 35.5. The van der Waals surface area contributed by atoms with Crippen molar-refractivity contribution in [2.75, 3.05) is 17.9 Å². The average Bonchev–Trinajstić information content (AvgIpc) is 2.89. The maximum absolute atomic E-state index is 13.9. The number of aryl methyl sites for hydroxylation is 2. The molecule has 0 aliphatic carbocycles. The van der Waals surface area contributed by atoms with E-state index in [2.05, 4.69) is 5.32 Å². The van der Waals surface area contributed by atoms with Gasteiger partial charge in [-0.3, -0.25) is 13.9 Å². The van der Waals surface area contributed by atoms with Crippen LogP contribution < -0.4 is 9.62 Å². The highest BCUT2D eigenvalue weighted by molar-refractivity contribution is 7.92. The highest BCUT2D eigenvalue weighted by Gasteiger charge is 2.34. The predicted octanol–water partition coefficient (Wildman–Crippen LogP) is 5.36. The Morgan fingerprint density at radius 1 is 0.947 bits per heavy atom. The van der Waals surface area contributed by atoms with Crippen molar-refractivity contribution in [3.05, 3.63) is 93.5 Å². The summed E-state index contributed by atoms with van der Waals surface area (Å²) < 4.78 is 28.7. The smallest absolute Gasteiger partial charge is 0.264 e. The van der Waals surface area contributed by atoms with Crippen molar-refractivity contribution >= 4 is 50.7 Å². The van der Waals surface area contributed by atoms with Crippen LogP contribution in [0.5, 0.6) is 0 Å². The van der Waals surface area contributed by atoms with Crippen LogP contribution in [0.3, 0.4) is 0 Å². The van der Waals surface area contributed by atoms with Crippen molar-refractivity contribution in [3.8, 4) is 0 Å². The van der Waals surface area contributed by atoms with Gasteiger partial charge < -0.3 is 10.2 Å². The van der Waals surface area contributed by atoms with Gasteiger partial charge in [0.2, 0.25) is 11.8 Å². The monoisotopic (exact) mass is 575 g/mol. The molecule has 1 atom stereocenters. The zero-order valence-electron chi connectivity index (χ0n) is 21.7. The molecule has 10 heteroatoms. The molecule has 0 radical (unpaired) electrons. The number of carbonyl (C=O) groups is 2. The molecule has 0 heterocycles. The molecule has 0 aromatic heterocycles. The van der Waals surface area contributed by atoms with Crippen LogP contribution in [-0.2, 0) is 26.2 Å². The summed E-state index contributed by atoms with van der Waals surface area (Å²) in [7, 11) is -2.73. The first kappa shape index (κ1) is 29.5. The molecule has 1 N–H and O–H groups in total. The van der Waals surface area contributed by atoms with E-state index in [9.17, 15) is 18.0 Å². The topological polar surface area (TPSA) is 86.8 Å². The van der Waals surface area contributed by atoms with Crippen molar-refractivity contribution in [1.29, 1.82) is 0 Å². The maximum atomic E-state index is 13.9. The lowest BCUT2D eigenvalue weighted by molar-refractivity contribution is -0.140. The van der Waals surface area contributed by atoms with Crippen LogP contribution in [-0.4, -0.2) is 44.8 Å². The lowest BCUT2D eigenvalue weighted by Crippen LogP contribution is -2.51. The van der Waals surface area contributed by atoms with Gasteiger partial charge in [-0.25, -0.2) is 8.42 Å². The fourth-order valence-electron chi connectivity index (χ4n) is 4.13. The number of benzene rings is 3. The largest absolute Gasteiger partial charge is 0.357 e. The number of carbonyl (C=O) groups excluding carboxylic acids is 2. The van der Waals surface area contributed by atoms with E-state index in [-0.39, 0.29) is 33.1 Å². The molecule has 0 spiro atoms. The third kappa shape index (κ3) is 6.67. The van der Waals surface area contributed by atoms with Gasteiger partial charge in [-0.15, -0.1) is 0 Å². The van der Waals surface area contributed by atoms with Gasteiger partial charge in [-0.05, 0) is 50.1 Å². The minimum absolute atomic E-state index is 0.00114. The first-order valence-electron chi connectivity index (χ1n) is 12.1. The molecular formula is C28H31Cl2N3O4S. The summed E-state index contributed by atoms with van der Waals surface area (Å²) >= 11 is 12.7. The number of sulfonamides is 1. The summed E-state index contributed by atoms with van der Waals surface area (Å²) in [5.74, 6) is -0.907. The number of hydrogen-bond donors (Lipinski definition) is 1. The van der Waals surface area contributed by atoms with E-state index in [0.29, 0.717) is 6.42 Å². The molecule has 0 saturated heterocycles. The van der Waals surface area contributed by atoms with Gasteiger partial charge >= 0.3 is 0 Å². The molecular weight excluding hydrogens is 545 g/mol. The van der Waals surface area contributed by atoms with Crippen molar-refractivity contribution < 1.29 is 18.0 Å². The number of nitrogens with zero attached hydrogens (tertiary/aromatic N) is 2. The second-order valence-electron chi connectivity index (χ2n) is 8.95. The number of halogens is 2. The Balaban J connectivity index is 2.11. The van der Waals surface area contributed by atoms with Gasteiger partial charge in [0, 0.05) is 13.6 Å². The Labute approximate surface area is 234 Å². The summed E-state index contributed by atoms with van der Waals surface area (Å²) in [6.07, 6.45) is 0.333. The first-order valence-corrected chi connectivity index (χ1v) is 14.3. The van der Waals surface area contributed by atoms with Crippen molar-refractivity contribution in [2.45, 2.75) is 44.7 Å². The van der Waals surface area contributed by atoms with E-state index in [4.69, 9.17) is 23.2 Å².